The highest BCUT2D eigenvalue weighted by Gasteiger charge is 2.11. The quantitative estimate of drug-likeness (QED) is 0.777. The Hall–Kier alpha value is -1.40. The van der Waals surface area contributed by atoms with Crippen molar-refractivity contribution in [3.05, 3.63) is 12.3 Å². The average Bonchev–Trinajstić information content (AvgIpc) is 2.74. The van der Waals surface area contributed by atoms with E-state index in [4.69, 9.17) is 0 Å². The van der Waals surface area contributed by atoms with Crippen molar-refractivity contribution in [1.29, 1.82) is 0 Å². The molecule has 2 N–H and O–H groups in total. The van der Waals surface area contributed by atoms with Crippen molar-refractivity contribution < 1.29 is 9.90 Å². The molecule has 1 aromatic heterocycles. The Balaban J connectivity index is 2.44. The monoisotopic (exact) mass is 268 g/mol. The predicted molar refractivity (Wildman–Crippen MR) is 75.0 cm³/mol. The molecule has 1 atom stereocenters. The molecular formula is C13H24N4O2. The fraction of sp³-hybridized carbons (Fsp3) is 0.692. The van der Waals surface area contributed by atoms with Crippen molar-refractivity contribution >= 4 is 11.7 Å². The summed E-state index contributed by atoms with van der Waals surface area (Å²) in [5.41, 5.74) is 0. The van der Waals surface area contributed by atoms with Crippen LogP contribution in [0, 0.1) is 0 Å². The zero-order valence-corrected chi connectivity index (χ0v) is 12.1. The van der Waals surface area contributed by atoms with E-state index in [2.05, 4.69) is 10.4 Å². The molecule has 1 aromatic rings. The topological polar surface area (TPSA) is 70.4 Å². The molecule has 0 radical (unpaired) electrons. The van der Waals surface area contributed by atoms with E-state index in [1.807, 2.05) is 25.8 Å². The molecule has 0 saturated carbocycles. The average molecular weight is 268 g/mol. The third-order valence-electron chi connectivity index (χ3n) is 2.77. The molecule has 6 nitrogen and oxygen atoms in total. The highest BCUT2D eigenvalue weighted by molar-refractivity contribution is 5.91. The highest BCUT2D eigenvalue weighted by Crippen LogP contribution is 2.12. The Bertz CT molecular complexity index is 401. The van der Waals surface area contributed by atoms with Crippen LogP contribution in [0.3, 0.4) is 0 Å². The van der Waals surface area contributed by atoms with Crippen molar-refractivity contribution in [3.8, 4) is 0 Å². The van der Waals surface area contributed by atoms with Crippen LogP contribution in [0.25, 0.3) is 0 Å². The van der Waals surface area contributed by atoms with Gasteiger partial charge < -0.3 is 10.4 Å². The standard InChI is InChI=1S/C13H24N4O2/c1-10(2)17-12(5-7-14-17)15-13(19)9-16(4)8-6-11(3)18/h5,7,10-11,18H,6,8-9H2,1-4H3,(H,15,19). The van der Waals surface area contributed by atoms with E-state index in [-0.39, 0.29) is 18.1 Å². The van der Waals surface area contributed by atoms with Gasteiger partial charge in [0.15, 0.2) is 0 Å². The van der Waals surface area contributed by atoms with Crippen molar-refractivity contribution in [3.63, 3.8) is 0 Å². The molecule has 1 unspecified atom stereocenters. The minimum absolute atomic E-state index is 0.0736. The van der Waals surface area contributed by atoms with Gasteiger partial charge in [-0.1, -0.05) is 0 Å². The van der Waals surface area contributed by atoms with Gasteiger partial charge in [0.25, 0.3) is 0 Å². The summed E-state index contributed by atoms with van der Waals surface area (Å²) in [6, 6.07) is 1.99. The van der Waals surface area contributed by atoms with E-state index in [9.17, 15) is 9.90 Å². The molecule has 6 heteroatoms. The lowest BCUT2D eigenvalue weighted by Gasteiger charge is -2.17. The first-order chi connectivity index (χ1) is 8.90. The normalized spacial score (nSPS) is 13.0. The number of amides is 1. The molecule has 1 rings (SSSR count). The fourth-order valence-corrected chi connectivity index (χ4v) is 1.74. The molecule has 1 heterocycles. The van der Waals surface area contributed by atoms with Crippen LogP contribution >= 0.6 is 0 Å². The van der Waals surface area contributed by atoms with Crippen LogP contribution in [0.4, 0.5) is 5.82 Å². The number of nitrogens with zero attached hydrogens (tertiary/aromatic N) is 3. The fourth-order valence-electron chi connectivity index (χ4n) is 1.74. The van der Waals surface area contributed by atoms with Crippen LogP contribution in [0.2, 0.25) is 0 Å². The summed E-state index contributed by atoms with van der Waals surface area (Å²) < 4.78 is 1.77. The van der Waals surface area contributed by atoms with Gasteiger partial charge >= 0.3 is 0 Å². The minimum Gasteiger partial charge on any atom is -0.393 e. The second kappa shape index (κ2) is 7.25. The van der Waals surface area contributed by atoms with Gasteiger partial charge in [-0.05, 0) is 34.2 Å². The summed E-state index contributed by atoms with van der Waals surface area (Å²) in [6.07, 6.45) is 1.99. The molecule has 0 spiro atoms. The Kier molecular flexibility index (Phi) is 5.98. The molecule has 1 amide bonds. The molecule has 0 fully saturated rings. The highest BCUT2D eigenvalue weighted by atomic mass is 16.3. The van der Waals surface area contributed by atoms with Gasteiger partial charge in [-0.3, -0.25) is 9.69 Å². The van der Waals surface area contributed by atoms with Crippen LogP contribution in [0.5, 0.6) is 0 Å². The van der Waals surface area contributed by atoms with Crippen molar-refractivity contribution in [1.82, 2.24) is 14.7 Å². The van der Waals surface area contributed by atoms with E-state index in [0.717, 1.165) is 0 Å². The number of likely N-dealkylation sites (N-methyl/N-ethyl adjacent to an activating group) is 1. The Labute approximate surface area is 114 Å². The molecule has 0 aromatic carbocycles. The SMILES string of the molecule is CC(O)CCN(C)CC(=O)Nc1ccnn1C(C)C. The van der Waals surface area contributed by atoms with Gasteiger partial charge in [0.2, 0.25) is 5.91 Å². The van der Waals surface area contributed by atoms with Crippen LogP contribution in [0.1, 0.15) is 33.2 Å². The summed E-state index contributed by atoms with van der Waals surface area (Å²) in [7, 11) is 1.86. The maximum Gasteiger partial charge on any atom is 0.239 e. The van der Waals surface area contributed by atoms with Gasteiger partial charge in [-0.15, -0.1) is 0 Å². The van der Waals surface area contributed by atoms with Crippen LogP contribution < -0.4 is 5.32 Å². The molecule has 19 heavy (non-hydrogen) atoms. The summed E-state index contributed by atoms with van der Waals surface area (Å²) in [5, 5.41) is 16.2. The Morgan fingerprint density at radius 3 is 2.79 bits per heavy atom. The van der Waals surface area contributed by atoms with E-state index in [1.165, 1.54) is 0 Å². The smallest absolute Gasteiger partial charge is 0.239 e. The number of carbonyl (C=O) groups excluding carboxylic acids is 1. The molecule has 108 valence electrons. The number of anilines is 1. The van der Waals surface area contributed by atoms with Crippen LogP contribution in [0.15, 0.2) is 12.3 Å². The molecule has 0 saturated heterocycles. The predicted octanol–water partition coefficient (Wildman–Crippen LogP) is 1.11. The van der Waals surface area contributed by atoms with Gasteiger partial charge in [0, 0.05) is 18.7 Å². The van der Waals surface area contributed by atoms with Gasteiger partial charge in [-0.2, -0.15) is 5.10 Å². The summed E-state index contributed by atoms with van der Waals surface area (Å²) >= 11 is 0. The van der Waals surface area contributed by atoms with Gasteiger partial charge in [-0.25, -0.2) is 4.68 Å². The maximum atomic E-state index is 11.9. The van der Waals surface area contributed by atoms with Crippen LogP contribution in [-0.4, -0.2) is 51.9 Å². The summed E-state index contributed by atoms with van der Waals surface area (Å²) in [5.74, 6) is 0.638. The summed E-state index contributed by atoms with van der Waals surface area (Å²) in [6.45, 7) is 6.76. The first kappa shape index (κ1) is 15.7. The number of rotatable bonds is 7. The largest absolute Gasteiger partial charge is 0.393 e. The van der Waals surface area contributed by atoms with E-state index in [0.29, 0.717) is 25.3 Å². The van der Waals surface area contributed by atoms with Crippen molar-refractivity contribution in [2.45, 2.75) is 39.3 Å². The third-order valence-corrected chi connectivity index (χ3v) is 2.77. The molecule has 0 aliphatic carbocycles. The number of nitrogens with one attached hydrogen (secondary N) is 1. The maximum absolute atomic E-state index is 11.9. The Morgan fingerprint density at radius 2 is 2.21 bits per heavy atom. The number of aromatic nitrogens is 2. The van der Waals surface area contributed by atoms with E-state index in [1.54, 1.807) is 23.9 Å². The molecule has 0 aliphatic rings. The number of aliphatic hydroxyl groups excluding tert-OH is 1. The van der Waals surface area contributed by atoms with Crippen LogP contribution in [-0.2, 0) is 4.79 Å². The number of aliphatic hydroxyl groups is 1. The second-order valence-electron chi connectivity index (χ2n) is 5.18. The lowest BCUT2D eigenvalue weighted by Crippen LogP contribution is -2.32. The van der Waals surface area contributed by atoms with E-state index < -0.39 is 0 Å². The number of hydrogen-bond acceptors (Lipinski definition) is 4. The minimum atomic E-state index is -0.340. The summed E-state index contributed by atoms with van der Waals surface area (Å²) in [4.78, 5) is 13.8. The lowest BCUT2D eigenvalue weighted by molar-refractivity contribution is -0.117. The molecule has 0 aliphatic heterocycles. The van der Waals surface area contributed by atoms with Crippen molar-refractivity contribution in [2.24, 2.45) is 0 Å². The van der Waals surface area contributed by atoms with Gasteiger partial charge in [0.05, 0.1) is 18.8 Å². The molecular weight excluding hydrogens is 244 g/mol. The zero-order chi connectivity index (χ0) is 14.4. The van der Waals surface area contributed by atoms with Crippen molar-refractivity contribution in [2.75, 3.05) is 25.5 Å². The third kappa shape index (κ3) is 5.40. The van der Waals surface area contributed by atoms with Gasteiger partial charge in [0.1, 0.15) is 5.82 Å². The lowest BCUT2D eigenvalue weighted by atomic mass is 10.3. The Morgan fingerprint density at radius 1 is 1.53 bits per heavy atom. The zero-order valence-electron chi connectivity index (χ0n) is 12.1. The number of carbonyl (C=O) groups is 1. The first-order valence-corrected chi connectivity index (χ1v) is 6.60. The van der Waals surface area contributed by atoms with E-state index >= 15 is 0 Å². The first-order valence-electron chi connectivity index (χ1n) is 6.60. The second-order valence-corrected chi connectivity index (χ2v) is 5.18. The molecule has 0 bridgehead atoms. The number of hydrogen-bond donors (Lipinski definition) is 2.